The molecule has 1 heterocycles. The molecule has 11 rings (SSSR count). The van der Waals surface area contributed by atoms with Crippen LogP contribution in [0, 0.1) is 0 Å². The topological polar surface area (TPSA) is 0 Å². The van der Waals surface area contributed by atoms with Crippen molar-refractivity contribution >= 4 is 63.8 Å². The van der Waals surface area contributed by atoms with Gasteiger partial charge in [-0.2, -0.15) is 0 Å². The summed E-state index contributed by atoms with van der Waals surface area (Å²) in [6.45, 7) is 4.82. The lowest BCUT2D eigenvalue weighted by Crippen LogP contribution is -2.16. The first-order valence-corrected chi connectivity index (χ1v) is 19.0. The normalized spacial score (nSPS) is 13.3. The molecule has 1 aromatic heterocycles. The molecule has 0 nitrogen and oxygen atoms in total. The third-order valence-corrected chi connectivity index (χ3v) is 12.8. The number of hydrogen-bond acceptors (Lipinski definition) is 1. The van der Waals surface area contributed by atoms with Crippen molar-refractivity contribution in [3.8, 4) is 44.5 Å². The molecule has 1 aliphatic rings. The molecule has 1 heteroatoms. The first-order chi connectivity index (χ1) is 25.6. The molecule has 0 radical (unpaired) electrons. The van der Waals surface area contributed by atoms with Crippen LogP contribution in [0.15, 0.2) is 170 Å². The highest BCUT2D eigenvalue weighted by molar-refractivity contribution is 7.26. The van der Waals surface area contributed by atoms with Crippen LogP contribution in [-0.2, 0) is 5.41 Å². The zero-order valence-corrected chi connectivity index (χ0v) is 29.9. The average Bonchev–Trinajstić information content (AvgIpc) is 3.69. The Hall–Kier alpha value is -6.02. The van der Waals surface area contributed by atoms with Gasteiger partial charge in [0.2, 0.25) is 0 Å². The summed E-state index contributed by atoms with van der Waals surface area (Å²) in [7, 11) is 0. The van der Waals surface area contributed by atoms with E-state index in [2.05, 4.69) is 184 Å². The number of thiophene rings is 1. The summed E-state index contributed by atoms with van der Waals surface area (Å²) in [5.74, 6) is 0. The summed E-state index contributed by atoms with van der Waals surface area (Å²) in [5, 5.41) is 10.5. The second-order valence-electron chi connectivity index (χ2n) is 14.8. The molecule has 0 N–H and O–H groups in total. The summed E-state index contributed by atoms with van der Waals surface area (Å²) in [6, 6.07) is 63.4. The zero-order valence-electron chi connectivity index (χ0n) is 29.1. The maximum Gasteiger partial charge on any atom is 0.0434 e. The van der Waals surface area contributed by atoms with E-state index in [-0.39, 0.29) is 5.41 Å². The highest BCUT2D eigenvalue weighted by atomic mass is 32.1. The summed E-state index contributed by atoms with van der Waals surface area (Å²) < 4.78 is 2.68. The monoisotopic (exact) mass is 678 g/mol. The van der Waals surface area contributed by atoms with Gasteiger partial charge in [0.05, 0.1) is 0 Å². The molecular weight excluding hydrogens is 645 g/mol. The van der Waals surface area contributed by atoms with Crippen molar-refractivity contribution in [1.29, 1.82) is 0 Å². The lowest BCUT2D eigenvalue weighted by atomic mass is 9.77. The molecule has 52 heavy (non-hydrogen) atoms. The van der Waals surface area contributed by atoms with E-state index in [0.717, 1.165) is 0 Å². The fourth-order valence-corrected chi connectivity index (χ4v) is 10.7. The van der Waals surface area contributed by atoms with Crippen molar-refractivity contribution < 1.29 is 0 Å². The lowest BCUT2D eigenvalue weighted by Gasteiger charge is -2.26. The van der Waals surface area contributed by atoms with Crippen LogP contribution < -0.4 is 0 Å². The minimum Gasteiger partial charge on any atom is -0.135 e. The van der Waals surface area contributed by atoms with Crippen molar-refractivity contribution in [2.24, 2.45) is 0 Å². The van der Waals surface area contributed by atoms with E-state index in [4.69, 9.17) is 0 Å². The first kappa shape index (κ1) is 29.7. The standard InChI is InChI=1S/C51H34S/c1-51(2)48-34-17-4-3-14-31(34)28-29-42(48)41-24-12-23-35(49(41)51)32-15-11-16-33(30-32)46-37-19-5-7-21-39(37)47(40-22-8-6-20-38(40)46)44-26-13-25-43-36-18-9-10-27-45(36)52-50(43)44/h3-30H,1-2H3. The molecule has 0 aliphatic heterocycles. The number of benzene rings is 9. The van der Waals surface area contributed by atoms with Crippen LogP contribution in [0.1, 0.15) is 25.0 Å². The first-order valence-electron chi connectivity index (χ1n) is 18.2. The van der Waals surface area contributed by atoms with Gasteiger partial charge in [-0.25, -0.2) is 0 Å². The van der Waals surface area contributed by atoms with Gasteiger partial charge in [-0.1, -0.05) is 172 Å². The summed E-state index contributed by atoms with van der Waals surface area (Å²) in [4.78, 5) is 0. The fourth-order valence-electron chi connectivity index (χ4n) is 9.50. The molecule has 0 atom stereocenters. The Bertz CT molecular complexity index is 3040. The van der Waals surface area contributed by atoms with E-state index in [9.17, 15) is 0 Å². The molecule has 0 amide bonds. The Morgan fingerprint density at radius 3 is 1.67 bits per heavy atom. The Labute approximate surface area is 307 Å². The van der Waals surface area contributed by atoms with Gasteiger partial charge in [0.25, 0.3) is 0 Å². The van der Waals surface area contributed by atoms with Crippen molar-refractivity contribution in [3.63, 3.8) is 0 Å². The zero-order chi connectivity index (χ0) is 34.6. The molecule has 0 fully saturated rings. The molecule has 0 saturated carbocycles. The van der Waals surface area contributed by atoms with E-state index in [1.807, 2.05) is 11.3 Å². The highest BCUT2D eigenvalue weighted by Gasteiger charge is 2.38. The van der Waals surface area contributed by atoms with Gasteiger partial charge in [0, 0.05) is 31.2 Å². The van der Waals surface area contributed by atoms with Crippen molar-refractivity contribution in [2.45, 2.75) is 19.3 Å². The smallest absolute Gasteiger partial charge is 0.0434 e. The Balaban J connectivity index is 1.15. The molecule has 0 spiro atoms. The van der Waals surface area contributed by atoms with Gasteiger partial charge in [-0.05, 0) is 94.5 Å². The number of fused-ring (bicyclic) bond motifs is 10. The van der Waals surface area contributed by atoms with Gasteiger partial charge >= 0.3 is 0 Å². The fraction of sp³-hybridized carbons (Fsp3) is 0.0588. The van der Waals surface area contributed by atoms with Crippen LogP contribution in [0.5, 0.6) is 0 Å². The quantitative estimate of drug-likeness (QED) is 0.163. The second-order valence-corrected chi connectivity index (χ2v) is 15.8. The van der Waals surface area contributed by atoms with Crippen molar-refractivity contribution in [1.82, 2.24) is 0 Å². The minimum atomic E-state index is -0.146. The van der Waals surface area contributed by atoms with Crippen LogP contribution in [0.2, 0.25) is 0 Å². The van der Waals surface area contributed by atoms with Crippen LogP contribution in [-0.4, -0.2) is 0 Å². The largest absolute Gasteiger partial charge is 0.135 e. The minimum absolute atomic E-state index is 0.146. The van der Waals surface area contributed by atoms with Gasteiger partial charge in [0.1, 0.15) is 0 Å². The van der Waals surface area contributed by atoms with E-state index < -0.39 is 0 Å². The van der Waals surface area contributed by atoms with E-state index in [1.165, 1.54) is 108 Å². The summed E-state index contributed by atoms with van der Waals surface area (Å²) in [5.41, 5.74) is 13.1. The van der Waals surface area contributed by atoms with Crippen LogP contribution >= 0.6 is 11.3 Å². The second kappa shape index (κ2) is 11.0. The van der Waals surface area contributed by atoms with Gasteiger partial charge in [0.15, 0.2) is 0 Å². The molecule has 1 aliphatic carbocycles. The summed E-state index contributed by atoms with van der Waals surface area (Å²) in [6.07, 6.45) is 0. The van der Waals surface area contributed by atoms with Gasteiger partial charge < -0.3 is 0 Å². The third kappa shape index (κ3) is 4.09. The third-order valence-electron chi connectivity index (χ3n) is 11.6. The van der Waals surface area contributed by atoms with E-state index in [0.29, 0.717) is 0 Å². The molecule has 0 saturated heterocycles. The van der Waals surface area contributed by atoms with Crippen molar-refractivity contribution in [3.05, 3.63) is 181 Å². The van der Waals surface area contributed by atoms with E-state index >= 15 is 0 Å². The van der Waals surface area contributed by atoms with Crippen LogP contribution in [0.25, 0.3) is 97.0 Å². The Kier molecular flexibility index (Phi) is 6.27. The SMILES string of the molecule is CC1(C)c2c(-c3cccc(-c4c5ccccc5c(-c5cccc6c5sc5ccccc56)c5ccccc45)c3)cccc2-c2ccc3ccccc3c21. The Morgan fingerprint density at radius 2 is 0.904 bits per heavy atom. The Morgan fingerprint density at radius 1 is 0.365 bits per heavy atom. The van der Waals surface area contributed by atoms with Crippen LogP contribution in [0.4, 0.5) is 0 Å². The molecule has 0 unspecified atom stereocenters. The molecule has 9 aromatic carbocycles. The average molecular weight is 679 g/mol. The van der Waals surface area contributed by atoms with Gasteiger partial charge in [-0.15, -0.1) is 11.3 Å². The predicted molar refractivity (Wildman–Crippen MR) is 226 cm³/mol. The predicted octanol–water partition coefficient (Wildman–Crippen LogP) is 14.8. The molecule has 0 bridgehead atoms. The maximum absolute atomic E-state index is 2.44. The van der Waals surface area contributed by atoms with Crippen LogP contribution in [0.3, 0.4) is 0 Å². The van der Waals surface area contributed by atoms with Crippen molar-refractivity contribution in [2.75, 3.05) is 0 Å². The summed E-state index contributed by atoms with van der Waals surface area (Å²) >= 11 is 1.91. The lowest BCUT2D eigenvalue weighted by molar-refractivity contribution is 0.668. The van der Waals surface area contributed by atoms with E-state index in [1.54, 1.807) is 0 Å². The maximum atomic E-state index is 2.44. The molecular formula is C51H34S. The number of rotatable bonds is 3. The molecule has 10 aromatic rings. The number of hydrogen-bond donors (Lipinski definition) is 0. The molecule has 244 valence electrons. The highest BCUT2D eigenvalue weighted by Crippen LogP contribution is 2.55. The van der Waals surface area contributed by atoms with Gasteiger partial charge in [-0.3, -0.25) is 0 Å².